The van der Waals surface area contributed by atoms with E-state index in [2.05, 4.69) is 11.1 Å². The highest BCUT2D eigenvalue weighted by atomic mass is 19.1. The molecule has 1 aromatic carbocycles. The molecule has 0 bridgehead atoms. The molecule has 0 fully saturated rings. The van der Waals surface area contributed by atoms with Gasteiger partial charge in [-0.3, -0.25) is 4.98 Å². The van der Waals surface area contributed by atoms with Gasteiger partial charge in [0.1, 0.15) is 11.9 Å². The van der Waals surface area contributed by atoms with Crippen molar-refractivity contribution in [3.63, 3.8) is 0 Å². The zero-order valence-electron chi connectivity index (χ0n) is 10.4. The van der Waals surface area contributed by atoms with Crippen molar-refractivity contribution in [1.29, 1.82) is 0 Å². The van der Waals surface area contributed by atoms with Crippen LogP contribution in [-0.2, 0) is 11.2 Å². The molecule has 0 radical (unpaired) electrons. The van der Waals surface area contributed by atoms with Gasteiger partial charge < -0.3 is 10.5 Å². The molecule has 2 atom stereocenters. The molecule has 0 amide bonds. The minimum atomic E-state index is -0.524. The van der Waals surface area contributed by atoms with E-state index >= 15 is 0 Å². The van der Waals surface area contributed by atoms with Crippen molar-refractivity contribution < 1.29 is 9.13 Å². The van der Waals surface area contributed by atoms with E-state index in [9.17, 15) is 4.39 Å². The van der Waals surface area contributed by atoms with Crippen LogP contribution in [0.1, 0.15) is 28.8 Å². The van der Waals surface area contributed by atoms with Crippen molar-refractivity contribution in [2.75, 3.05) is 6.61 Å². The normalized spacial score (nSPS) is 19.8. The summed E-state index contributed by atoms with van der Waals surface area (Å²) in [6, 6.07) is 9.11. The summed E-state index contributed by atoms with van der Waals surface area (Å²) in [5.74, 6) is -0.387. The molecule has 1 aromatic heterocycles. The third kappa shape index (κ3) is 2.25. The number of nitrogens with zero attached hydrogens (tertiary/aromatic N) is 1. The van der Waals surface area contributed by atoms with Crippen molar-refractivity contribution in [2.45, 2.75) is 18.6 Å². The molecule has 2 aromatic rings. The van der Waals surface area contributed by atoms with E-state index < -0.39 is 6.04 Å². The number of pyridine rings is 1. The van der Waals surface area contributed by atoms with Gasteiger partial charge in [-0.05, 0) is 23.6 Å². The molecule has 0 spiro atoms. The molecule has 3 rings (SSSR count). The number of benzene rings is 1. The summed E-state index contributed by atoms with van der Waals surface area (Å²) in [5.41, 5.74) is 8.91. The lowest BCUT2D eigenvalue weighted by Gasteiger charge is -2.30. The zero-order chi connectivity index (χ0) is 13.2. The molecule has 1 aliphatic heterocycles. The Morgan fingerprint density at radius 1 is 1.32 bits per heavy atom. The lowest BCUT2D eigenvalue weighted by atomic mass is 9.90. The highest BCUT2D eigenvalue weighted by Crippen LogP contribution is 2.35. The molecule has 2 heterocycles. The van der Waals surface area contributed by atoms with E-state index in [-0.39, 0.29) is 11.9 Å². The fourth-order valence-electron chi connectivity index (χ4n) is 2.54. The van der Waals surface area contributed by atoms with Crippen LogP contribution in [0.2, 0.25) is 0 Å². The van der Waals surface area contributed by atoms with Crippen molar-refractivity contribution in [1.82, 2.24) is 4.98 Å². The smallest absolute Gasteiger partial charge is 0.146 e. The Bertz CT molecular complexity index is 588. The molecule has 4 heteroatoms. The van der Waals surface area contributed by atoms with Gasteiger partial charge in [-0.2, -0.15) is 0 Å². The molecule has 2 unspecified atom stereocenters. The summed E-state index contributed by atoms with van der Waals surface area (Å²) in [6.45, 7) is 0.613. The van der Waals surface area contributed by atoms with Crippen molar-refractivity contribution in [3.8, 4) is 0 Å². The molecule has 0 saturated carbocycles. The van der Waals surface area contributed by atoms with Crippen molar-refractivity contribution >= 4 is 0 Å². The molecule has 0 saturated heterocycles. The summed E-state index contributed by atoms with van der Waals surface area (Å²) in [4.78, 5) is 3.75. The second-order valence-electron chi connectivity index (χ2n) is 4.66. The van der Waals surface area contributed by atoms with Crippen LogP contribution in [0, 0.1) is 5.82 Å². The van der Waals surface area contributed by atoms with E-state index in [1.807, 2.05) is 18.2 Å². The maximum atomic E-state index is 13.8. The topological polar surface area (TPSA) is 48.1 Å². The lowest BCUT2D eigenvalue weighted by molar-refractivity contribution is 0.0233. The molecule has 1 aliphatic rings. The number of aromatic nitrogens is 1. The number of rotatable bonds is 2. The molecule has 0 aliphatic carbocycles. The fourth-order valence-corrected chi connectivity index (χ4v) is 2.54. The summed E-state index contributed by atoms with van der Waals surface area (Å²) in [5, 5.41) is 0. The van der Waals surface area contributed by atoms with Crippen molar-refractivity contribution in [3.05, 3.63) is 65.2 Å². The van der Waals surface area contributed by atoms with Crippen LogP contribution in [0.5, 0.6) is 0 Å². The second kappa shape index (κ2) is 5.07. The molecular formula is C15H15FN2O. The number of hydrogen-bond donors (Lipinski definition) is 1. The molecule has 3 nitrogen and oxygen atoms in total. The maximum Gasteiger partial charge on any atom is 0.146 e. The minimum Gasteiger partial charge on any atom is -0.371 e. The Morgan fingerprint density at radius 3 is 3.00 bits per heavy atom. The van der Waals surface area contributed by atoms with Crippen LogP contribution in [0.3, 0.4) is 0 Å². The van der Waals surface area contributed by atoms with Gasteiger partial charge in [0, 0.05) is 11.8 Å². The third-order valence-electron chi connectivity index (χ3n) is 3.52. The zero-order valence-corrected chi connectivity index (χ0v) is 10.4. The monoisotopic (exact) mass is 258 g/mol. The van der Waals surface area contributed by atoms with Gasteiger partial charge in [-0.15, -0.1) is 0 Å². The highest BCUT2D eigenvalue weighted by molar-refractivity contribution is 5.34. The highest BCUT2D eigenvalue weighted by Gasteiger charge is 2.28. The van der Waals surface area contributed by atoms with E-state index in [0.717, 1.165) is 12.0 Å². The Balaban J connectivity index is 1.98. The number of fused-ring (bicyclic) bond motifs is 1. The Kier molecular flexibility index (Phi) is 3.27. The van der Waals surface area contributed by atoms with E-state index in [4.69, 9.17) is 10.5 Å². The van der Waals surface area contributed by atoms with Crippen LogP contribution in [0.15, 0.2) is 42.7 Å². The van der Waals surface area contributed by atoms with E-state index in [0.29, 0.717) is 12.2 Å². The first-order valence-corrected chi connectivity index (χ1v) is 6.32. The Hall–Kier alpha value is -1.78. The Labute approximate surface area is 111 Å². The summed E-state index contributed by atoms with van der Waals surface area (Å²) >= 11 is 0. The van der Waals surface area contributed by atoms with E-state index in [1.165, 1.54) is 11.8 Å². The largest absolute Gasteiger partial charge is 0.371 e. The number of halogens is 1. The van der Waals surface area contributed by atoms with Crippen molar-refractivity contribution in [2.24, 2.45) is 5.73 Å². The van der Waals surface area contributed by atoms with Gasteiger partial charge in [-0.1, -0.05) is 24.3 Å². The minimum absolute atomic E-state index is 0.304. The summed E-state index contributed by atoms with van der Waals surface area (Å²) < 4.78 is 19.5. The SMILES string of the molecule is NC(c1ccncc1F)C1OCCc2ccccc21. The predicted octanol–water partition coefficient (Wildman–Crippen LogP) is 2.53. The van der Waals surface area contributed by atoms with Gasteiger partial charge >= 0.3 is 0 Å². The van der Waals surface area contributed by atoms with Gasteiger partial charge in [0.05, 0.1) is 18.8 Å². The summed E-state index contributed by atoms with van der Waals surface area (Å²) in [7, 11) is 0. The lowest BCUT2D eigenvalue weighted by Crippen LogP contribution is -2.27. The number of nitrogens with two attached hydrogens (primary N) is 1. The van der Waals surface area contributed by atoms with Gasteiger partial charge in [0.25, 0.3) is 0 Å². The standard InChI is InChI=1S/C15H15FN2O/c16-13-9-18-7-5-12(13)14(17)15-11-4-2-1-3-10(11)6-8-19-15/h1-5,7,9,14-15H,6,8,17H2. The molecular weight excluding hydrogens is 243 g/mol. The third-order valence-corrected chi connectivity index (χ3v) is 3.52. The quantitative estimate of drug-likeness (QED) is 0.900. The fraction of sp³-hybridized carbons (Fsp3) is 0.267. The molecule has 19 heavy (non-hydrogen) atoms. The first-order chi connectivity index (χ1) is 9.27. The van der Waals surface area contributed by atoms with Gasteiger partial charge in [-0.25, -0.2) is 4.39 Å². The predicted molar refractivity (Wildman–Crippen MR) is 70.0 cm³/mol. The van der Waals surface area contributed by atoms with Crippen LogP contribution in [-0.4, -0.2) is 11.6 Å². The Morgan fingerprint density at radius 2 is 2.16 bits per heavy atom. The van der Waals surface area contributed by atoms with Gasteiger partial charge in [0.15, 0.2) is 0 Å². The summed E-state index contributed by atoms with van der Waals surface area (Å²) in [6.07, 6.45) is 3.30. The first-order valence-electron chi connectivity index (χ1n) is 6.32. The average Bonchev–Trinajstić information content (AvgIpc) is 2.46. The van der Waals surface area contributed by atoms with E-state index in [1.54, 1.807) is 12.3 Å². The molecule has 98 valence electrons. The maximum absolute atomic E-state index is 13.8. The van der Waals surface area contributed by atoms with Crippen LogP contribution >= 0.6 is 0 Å². The van der Waals surface area contributed by atoms with Gasteiger partial charge in [0.2, 0.25) is 0 Å². The van der Waals surface area contributed by atoms with Crippen LogP contribution < -0.4 is 5.73 Å². The number of hydrogen-bond acceptors (Lipinski definition) is 3. The second-order valence-corrected chi connectivity index (χ2v) is 4.66. The first kappa shape index (κ1) is 12.3. The average molecular weight is 258 g/mol. The number of ether oxygens (including phenoxy) is 1. The van der Waals surface area contributed by atoms with Crippen LogP contribution in [0.25, 0.3) is 0 Å². The van der Waals surface area contributed by atoms with Crippen LogP contribution in [0.4, 0.5) is 4.39 Å². The molecule has 2 N–H and O–H groups in total.